The highest BCUT2D eigenvalue weighted by molar-refractivity contribution is 9.10. The molecule has 4 heterocycles. The Morgan fingerprint density at radius 3 is 1.92 bits per heavy atom. The fourth-order valence-corrected chi connectivity index (χ4v) is 7.60. The minimum atomic E-state index is -1.19. The number of carbonyl (C=O) groups is 1. The molecule has 2 aliphatic rings. The van der Waals surface area contributed by atoms with Crippen molar-refractivity contribution in [3.8, 4) is 16.9 Å². The van der Waals surface area contributed by atoms with Crippen molar-refractivity contribution in [2.24, 2.45) is 0 Å². The number of pyridine rings is 2. The number of carbonyl (C=O) groups excluding carboxylic acids is 1. The molecular weight excluding hydrogens is 839 g/mol. The van der Waals surface area contributed by atoms with E-state index < -0.39 is 46.5 Å². The van der Waals surface area contributed by atoms with E-state index in [2.05, 4.69) is 50.7 Å². The number of nitrogens with zero attached hydrogens (tertiary/aromatic N) is 8. The molecule has 11 nitrogen and oxygen atoms in total. The van der Waals surface area contributed by atoms with E-state index in [1.54, 1.807) is 45.4 Å². The van der Waals surface area contributed by atoms with Crippen LogP contribution in [-0.4, -0.2) is 67.6 Å². The van der Waals surface area contributed by atoms with Crippen LogP contribution in [0.15, 0.2) is 78.1 Å². The van der Waals surface area contributed by atoms with Gasteiger partial charge in [0.2, 0.25) is 11.6 Å². The van der Waals surface area contributed by atoms with Gasteiger partial charge in [0.15, 0.2) is 0 Å². The van der Waals surface area contributed by atoms with Crippen molar-refractivity contribution in [3.05, 3.63) is 124 Å². The highest BCUT2D eigenvalue weighted by Gasteiger charge is 2.51. The first-order valence-electron chi connectivity index (χ1n) is 18.6. The van der Waals surface area contributed by atoms with Gasteiger partial charge in [-0.3, -0.25) is 9.97 Å². The molecule has 308 valence electrons. The number of ether oxygens (including phenoxy) is 2. The van der Waals surface area contributed by atoms with Crippen LogP contribution in [0, 0.1) is 24.0 Å². The van der Waals surface area contributed by atoms with Crippen molar-refractivity contribution in [1.82, 2.24) is 29.9 Å². The van der Waals surface area contributed by atoms with Gasteiger partial charge in [0.1, 0.15) is 47.0 Å². The van der Waals surface area contributed by atoms with Crippen molar-refractivity contribution in [3.63, 3.8) is 0 Å². The number of aryl methyl sites for hydroxylation is 1. The Balaban J connectivity index is 0.000000234. The van der Waals surface area contributed by atoms with E-state index in [9.17, 15) is 26.7 Å². The molecule has 5 aromatic rings. The standard InChI is InChI=1S/C27H26F3N5O3.C15H14BrF2N3/c1-26(2,3)38-25(36)35(15-27(11-17(28)12-27)23-19(30)7-6-10-32-23)24-33-13-16(14-34-24)21-18(29)8-9-20(31-4)22(21)37-5;16-10-8-20-13(21-9-10)3-4-15(6-11(17)7-15)14-12(18)2-1-5-19-14/h6-10,13-14,17H,11-12,15H2,1-3,5H3;1-2,5,8-9,11H,3-4,6-7H2. The average molecular weight is 880 g/mol. The summed E-state index contributed by atoms with van der Waals surface area (Å²) < 4.78 is 82.7. The van der Waals surface area contributed by atoms with Gasteiger partial charge < -0.3 is 9.47 Å². The third kappa shape index (κ3) is 9.65. The summed E-state index contributed by atoms with van der Waals surface area (Å²) in [5.74, 6) is -1.03. The van der Waals surface area contributed by atoms with Crippen LogP contribution in [0.1, 0.15) is 70.1 Å². The van der Waals surface area contributed by atoms with Crippen molar-refractivity contribution >= 4 is 33.7 Å². The molecule has 0 aliphatic heterocycles. The second-order valence-electron chi connectivity index (χ2n) is 15.5. The molecule has 2 fully saturated rings. The van der Waals surface area contributed by atoms with Crippen molar-refractivity contribution in [2.45, 2.75) is 88.1 Å². The lowest BCUT2D eigenvalue weighted by molar-refractivity contribution is 0.0505. The second-order valence-corrected chi connectivity index (χ2v) is 16.4. The van der Waals surface area contributed by atoms with E-state index in [4.69, 9.17) is 16.0 Å². The van der Waals surface area contributed by atoms with Gasteiger partial charge in [0.25, 0.3) is 0 Å². The first-order valence-corrected chi connectivity index (χ1v) is 19.4. The number of anilines is 1. The number of rotatable bonds is 10. The quantitative estimate of drug-likeness (QED) is 0.0998. The van der Waals surface area contributed by atoms with Gasteiger partial charge in [0, 0.05) is 66.5 Å². The van der Waals surface area contributed by atoms with Gasteiger partial charge in [0.05, 0.1) is 35.1 Å². The van der Waals surface area contributed by atoms with Crippen molar-refractivity contribution in [2.75, 3.05) is 18.6 Å². The Morgan fingerprint density at radius 1 is 0.847 bits per heavy atom. The van der Waals surface area contributed by atoms with Crippen LogP contribution in [0.3, 0.4) is 0 Å². The number of hydrogen-bond donors (Lipinski definition) is 0. The maximum atomic E-state index is 14.8. The summed E-state index contributed by atoms with van der Waals surface area (Å²) in [6.45, 7) is 12.2. The Morgan fingerprint density at radius 2 is 1.41 bits per heavy atom. The normalized spacial score (nSPS) is 20.8. The maximum absolute atomic E-state index is 14.8. The van der Waals surface area contributed by atoms with E-state index in [1.165, 1.54) is 50.0 Å². The summed E-state index contributed by atoms with van der Waals surface area (Å²) in [6.07, 6.45) is 7.70. The number of amides is 1. The molecule has 2 aliphatic carbocycles. The lowest BCUT2D eigenvalue weighted by atomic mass is 9.62. The lowest BCUT2D eigenvalue weighted by Crippen LogP contribution is -2.54. The van der Waals surface area contributed by atoms with Gasteiger partial charge >= 0.3 is 6.09 Å². The largest absolute Gasteiger partial charge is 0.507 e. The zero-order valence-corrected chi connectivity index (χ0v) is 34.2. The van der Waals surface area contributed by atoms with Crippen LogP contribution in [0.25, 0.3) is 16.0 Å². The van der Waals surface area contributed by atoms with Crippen LogP contribution in [0.4, 0.5) is 38.4 Å². The molecule has 0 radical (unpaired) electrons. The molecule has 1 aromatic carbocycles. The SMILES string of the molecule is Fc1cccnc1C1(CCc2ncc(Br)cn2)CC(F)C1.[C-]#[N+]c1ccc(F)c(-c2cnc(N(CC3(c4ncccc4F)CC(F)C3)C(=O)OC(C)(C)C)nc2)c1OC. The highest BCUT2D eigenvalue weighted by atomic mass is 79.9. The molecule has 7 rings (SSSR count). The van der Waals surface area contributed by atoms with Crippen LogP contribution < -0.4 is 9.64 Å². The van der Waals surface area contributed by atoms with E-state index in [0.717, 1.165) is 15.4 Å². The topological polar surface area (TPSA) is 120 Å². The molecule has 17 heteroatoms. The van der Waals surface area contributed by atoms with Crippen molar-refractivity contribution in [1.29, 1.82) is 0 Å². The van der Waals surface area contributed by atoms with E-state index in [1.807, 2.05) is 0 Å². The third-order valence-corrected chi connectivity index (χ3v) is 10.5. The first kappa shape index (κ1) is 43.0. The molecule has 59 heavy (non-hydrogen) atoms. The zero-order chi connectivity index (χ0) is 42.5. The predicted octanol–water partition coefficient (Wildman–Crippen LogP) is 9.96. The van der Waals surface area contributed by atoms with Gasteiger partial charge in [-0.25, -0.2) is 56.4 Å². The number of benzene rings is 1. The Kier molecular flexibility index (Phi) is 12.9. The summed E-state index contributed by atoms with van der Waals surface area (Å²) in [6, 6.07) is 8.04. The number of halogens is 6. The fraction of sp³-hybridized carbons (Fsp3) is 0.381. The van der Waals surface area contributed by atoms with Gasteiger partial charge in [-0.15, -0.1) is 0 Å². The number of methoxy groups -OCH3 is 1. The predicted molar refractivity (Wildman–Crippen MR) is 212 cm³/mol. The monoisotopic (exact) mass is 878 g/mol. The van der Waals surface area contributed by atoms with Crippen molar-refractivity contribution < 1.29 is 36.2 Å². The molecule has 0 bridgehead atoms. The van der Waals surface area contributed by atoms with Gasteiger partial charge in [-0.2, -0.15) is 0 Å². The molecule has 0 unspecified atom stereocenters. The van der Waals surface area contributed by atoms with E-state index in [0.29, 0.717) is 37.2 Å². The molecule has 0 spiro atoms. The molecule has 4 aromatic heterocycles. The summed E-state index contributed by atoms with van der Waals surface area (Å²) in [7, 11) is 1.32. The van der Waals surface area contributed by atoms with Gasteiger partial charge in [-0.1, -0.05) is 0 Å². The van der Waals surface area contributed by atoms with E-state index in [-0.39, 0.29) is 59.4 Å². The fourth-order valence-electron chi connectivity index (χ4n) is 7.40. The Hall–Kier alpha value is -5.63. The lowest BCUT2D eigenvalue weighted by Gasteiger charge is -2.45. The molecule has 0 N–H and O–H groups in total. The van der Waals surface area contributed by atoms with Crippen LogP contribution in [0.5, 0.6) is 5.75 Å². The maximum Gasteiger partial charge on any atom is 0.417 e. The Labute approximate surface area is 346 Å². The molecule has 2 saturated carbocycles. The van der Waals surface area contributed by atoms with Gasteiger partial charge in [-0.05, 0) is 105 Å². The van der Waals surface area contributed by atoms with Crippen LogP contribution in [-0.2, 0) is 22.0 Å². The van der Waals surface area contributed by atoms with Crippen LogP contribution >= 0.6 is 15.9 Å². The average Bonchev–Trinajstić information content (AvgIpc) is 3.18. The number of aromatic nitrogens is 6. The number of hydrogen-bond acceptors (Lipinski definition) is 9. The molecule has 1 amide bonds. The number of alkyl halides is 2. The Bertz CT molecular complexity index is 2310. The molecular formula is C42H40BrF5N8O3. The summed E-state index contributed by atoms with van der Waals surface area (Å²) in [4.78, 5) is 43.0. The zero-order valence-electron chi connectivity index (χ0n) is 32.6. The highest BCUT2D eigenvalue weighted by Crippen LogP contribution is 2.49. The molecule has 0 atom stereocenters. The summed E-state index contributed by atoms with van der Waals surface area (Å²) >= 11 is 3.28. The molecule has 0 saturated heterocycles. The summed E-state index contributed by atoms with van der Waals surface area (Å²) in [5, 5.41) is 0. The first-order chi connectivity index (χ1) is 28.1. The minimum absolute atomic E-state index is 0.0114. The third-order valence-electron chi connectivity index (χ3n) is 10.1. The van der Waals surface area contributed by atoms with Crippen LogP contribution in [0.2, 0.25) is 0 Å². The minimum Gasteiger partial charge on any atom is -0.507 e. The second kappa shape index (κ2) is 17.7. The van der Waals surface area contributed by atoms with E-state index >= 15 is 0 Å². The smallest absolute Gasteiger partial charge is 0.417 e. The summed E-state index contributed by atoms with van der Waals surface area (Å²) in [5.41, 5.74) is -1.81.